The third kappa shape index (κ3) is 4.33. The summed E-state index contributed by atoms with van der Waals surface area (Å²) in [6.45, 7) is 5.78. The van der Waals surface area contributed by atoms with Gasteiger partial charge in [0, 0.05) is 11.0 Å². The third-order valence-corrected chi connectivity index (χ3v) is 2.82. The maximum absolute atomic E-state index is 11.4. The second kappa shape index (κ2) is 6.66. The Hall–Kier alpha value is -0.870. The number of halogens is 1. The average Bonchev–Trinajstić information content (AvgIpc) is 2.27. The second-order valence-corrected chi connectivity index (χ2v) is 4.54. The standard InChI is InChI=1S/C12H17BrN2O/c1-3-14-8-12(16)15-7-10-6-11(13)5-4-9(10)2/h4-6,14H,3,7-8H2,1-2H3,(H,15,16). The first-order valence-electron chi connectivity index (χ1n) is 5.36. The largest absolute Gasteiger partial charge is 0.351 e. The van der Waals surface area contributed by atoms with E-state index in [2.05, 4.69) is 26.6 Å². The highest BCUT2D eigenvalue weighted by molar-refractivity contribution is 9.10. The Balaban J connectivity index is 2.47. The van der Waals surface area contributed by atoms with Crippen molar-refractivity contribution in [2.75, 3.05) is 13.1 Å². The van der Waals surface area contributed by atoms with Gasteiger partial charge in [0.25, 0.3) is 0 Å². The van der Waals surface area contributed by atoms with Crippen molar-refractivity contribution in [1.29, 1.82) is 0 Å². The zero-order valence-electron chi connectivity index (χ0n) is 9.64. The Bertz CT molecular complexity index is 366. The van der Waals surface area contributed by atoms with Crippen molar-refractivity contribution in [2.24, 2.45) is 0 Å². The number of likely N-dealkylation sites (N-methyl/N-ethyl adjacent to an activating group) is 1. The molecule has 16 heavy (non-hydrogen) atoms. The molecule has 0 aliphatic heterocycles. The van der Waals surface area contributed by atoms with Gasteiger partial charge in [-0.15, -0.1) is 0 Å². The van der Waals surface area contributed by atoms with Crippen molar-refractivity contribution < 1.29 is 4.79 Å². The minimum atomic E-state index is 0.0289. The van der Waals surface area contributed by atoms with Crippen LogP contribution in [0.2, 0.25) is 0 Å². The van der Waals surface area contributed by atoms with Gasteiger partial charge in [-0.25, -0.2) is 0 Å². The molecule has 0 aliphatic rings. The van der Waals surface area contributed by atoms with E-state index in [9.17, 15) is 4.79 Å². The maximum atomic E-state index is 11.4. The van der Waals surface area contributed by atoms with Crippen molar-refractivity contribution >= 4 is 21.8 Å². The molecule has 0 radical (unpaired) electrons. The lowest BCUT2D eigenvalue weighted by Gasteiger charge is -2.08. The molecular formula is C12H17BrN2O. The van der Waals surface area contributed by atoms with Crippen LogP contribution in [0, 0.1) is 6.92 Å². The first-order chi connectivity index (χ1) is 7.63. The molecule has 0 heterocycles. The zero-order valence-corrected chi connectivity index (χ0v) is 11.2. The Morgan fingerprint density at radius 1 is 1.44 bits per heavy atom. The molecule has 3 nitrogen and oxygen atoms in total. The SMILES string of the molecule is CCNCC(=O)NCc1cc(Br)ccc1C. The fraction of sp³-hybridized carbons (Fsp3) is 0.417. The zero-order chi connectivity index (χ0) is 12.0. The molecule has 1 rings (SSSR count). The molecule has 0 aliphatic carbocycles. The van der Waals surface area contributed by atoms with Gasteiger partial charge in [0.05, 0.1) is 6.54 Å². The summed E-state index contributed by atoms with van der Waals surface area (Å²) >= 11 is 3.42. The number of hydrogen-bond donors (Lipinski definition) is 2. The molecule has 0 saturated heterocycles. The predicted molar refractivity (Wildman–Crippen MR) is 69.3 cm³/mol. The highest BCUT2D eigenvalue weighted by Crippen LogP contribution is 2.15. The molecule has 1 aromatic carbocycles. The van der Waals surface area contributed by atoms with Crippen LogP contribution in [0.1, 0.15) is 18.1 Å². The molecule has 0 unspecified atom stereocenters. The minimum absolute atomic E-state index is 0.0289. The van der Waals surface area contributed by atoms with E-state index < -0.39 is 0 Å². The third-order valence-electron chi connectivity index (χ3n) is 2.32. The van der Waals surface area contributed by atoms with E-state index >= 15 is 0 Å². The summed E-state index contributed by atoms with van der Waals surface area (Å²) in [6.07, 6.45) is 0. The first kappa shape index (κ1) is 13.2. The van der Waals surface area contributed by atoms with Gasteiger partial charge in [-0.05, 0) is 36.7 Å². The predicted octanol–water partition coefficient (Wildman–Crippen LogP) is 1.98. The fourth-order valence-electron chi connectivity index (χ4n) is 1.33. The number of nitrogens with one attached hydrogen (secondary N) is 2. The van der Waals surface area contributed by atoms with Gasteiger partial charge in [-0.2, -0.15) is 0 Å². The molecule has 0 saturated carbocycles. The topological polar surface area (TPSA) is 41.1 Å². The van der Waals surface area contributed by atoms with Crippen molar-refractivity contribution in [3.8, 4) is 0 Å². The van der Waals surface area contributed by atoms with Crippen molar-refractivity contribution in [3.05, 3.63) is 33.8 Å². The quantitative estimate of drug-likeness (QED) is 0.868. The molecule has 1 amide bonds. The summed E-state index contributed by atoms with van der Waals surface area (Å²) in [6, 6.07) is 6.07. The van der Waals surface area contributed by atoms with Crippen molar-refractivity contribution in [1.82, 2.24) is 10.6 Å². The lowest BCUT2D eigenvalue weighted by atomic mass is 10.1. The van der Waals surface area contributed by atoms with E-state index in [1.54, 1.807) is 0 Å². The number of hydrogen-bond acceptors (Lipinski definition) is 2. The number of carbonyl (C=O) groups excluding carboxylic acids is 1. The molecule has 88 valence electrons. The number of carbonyl (C=O) groups is 1. The summed E-state index contributed by atoms with van der Waals surface area (Å²) < 4.78 is 1.04. The summed E-state index contributed by atoms with van der Waals surface area (Å²) in [5.74, 6) is 0.0289. The monoisotopic (exact) mass is 284 g/mol. The van der Waals surface area contributed by atoms with Crippen LogP contribution in [0.5, 0.6) is 0 Å². The van der Waals surface area contributed by atoms with Crippen LogP contribution in [0.3, 0.4) is 0 Å². The average molecular weight is 285 g/mol. The van der Waals surface area contributed by atoms with Gasteiger partial charge in [-0.3, -0.25) is 4.79 Å². The molecule has 0 fully saturated rings. The molecular weight excluding hydrogens is 268 g/mol. The van der Waals surface area contributed by atoms with E-state index in [-0.39, 0.29) is 5.91 Å². The smallest absolute Gasteiger partial charge is 0.234 e. The fourth-order valence-corrected chi connectivity index (χ4v) is 1.73. The maximum Gasteiger partial charge on any atom is 0.234 e. The number of aryl methyl sites for hydroxylation is 1. The molecule has 0 aromatic heterocycles. The van der Waals surface area contributed by atoms with E-state index in [0.717, 1.165) is 16.6 Å². The Kier molecular flexibility index (Phi) is 5.49. The lowest BCUT2D eigenvalue weighted by Crippen LogP contribution is -2.33. The molecule has 0 atom stereocenters. The lowest BCUT2D eigenvalue weighted by molar-refractivity contribution is -0.120. The van der Waals surface area contributed by atoms with E-state index in [1.807, 2.05) is 32.0 Å². The molecule has 4 heteroatoms. The van der Waals surface area contributed by atoms with Crippen LogP contribution in [-0.4, -0.2) is 19.0 Å². The minimum Gasteiger partial charge on any atom is -0.351 e. The van der Waals surface area contributed by atoms with Gasteiger partial charge in [0.2, 0.25) is 5.91 Å². The Labute approximate surface area is 105 Å². The number of amides is 1. The van der Waals surface area contributed by atoms with Gasteiger partial charge < -0.3 is 10.6 Å². The van der Waals surface area contributed by atoms with Gasteiger partial charge in [0.1, 0.15) is 0 Å². The van der Waals surface area contributed by atoms with Crippen LogP contribution in [0.4, 0.5) is 0 Å². The molecule has 0 spiro atoms. The van der Waals surface area contributed by atoms with E-state index in [0.29, 0.717) is 13.1 Å². The van der Waals surface area contributed by atoms with Gasteiger partial charge >= 0.3 is 0 Å². The Morgan fingerprint density at radius 2 is 2.19 bits per heavy atom. The van der Waals surface area contributed by atoms with Crippen molar-refractivity contribution in [3.63, 3.8) is 0 Å². The van der Waals surface area contributed by atoms with Crippen molar-refractivity contribution in [2.45, 2.75) is 20.4 Å². The number of rotatable bonds is 5. The highest BCUT2D eigenvalue weighted by atomic mass is 79.9. The van der Waals surface area contributed by atoms with Crippen LogP contribution >= 0.6 is 15.9 Å². The van der Waals surface area contributed by atoms with Crippen LogP contribution < -0.4 is 10.6 Å². The molecule has 2 N–H and O–H groups in total. The first-order valence-corrected chi connectivity index (χ1v) is 6.15. The second-order valence-electron chi connectivity index (χ2n) is 3.63. The number of benzene rings is 1. The summed E-state index contributed by atoms with van der Waals surface area (Å²) in [4.78, 5) is 11.4. The Morgan fingerprint density at radius 3 is 2.88 bits per heavy atom. The summed E-state index contributed by atoms with van der Waals surface area (Å²) in [7, 11) is 0. The normalized spacial score (nSPS) is 10.2. The van der Waals surface area contributed by atoms with Crippen LogP contribution in [0.25, 0.3) is 0 Å². The molecule has 1 aromatic rings. The van der Waals surface area contributed by atoms with Gasteiger partial charge in [-0.1, -0.05) is 28.9 Å². The molecule has 0 bridgehead atoms. The highest BCUT2D eigenvalue weighted by Gasteiger charge is 2.02. The van der Waals surface area contributed by atoms with Crippen LogP contribution in [-0.2, 0) is 11.3 Å². The summed E-state index contributed by atoms with van der Waals surface area (Å²) in [5, 5.41) is 5.87. The van der Waals surface area contributed by atoms with E-state index in [1.165, 1.54) is 5.56 Å². The summed E-state index contributed by atoms with van der Waals surface area (Å²) in [5.41, 5.74) is 2.33. The van der Waals surface area contributed by atoms with Crippen LogP contribution in [0.15, 0.2) is 22.7 Å². The van der Waals surface area contributed by atoms with E-state index in [4.69, 9.17) is 0 Å². The van der Waals surface area contributed by atoms with Gasteiger partial charge in [0.15, 0.2) is 0 Å².